The maximum Gasteiger partial charge on any atom is 0.222 e. The van der Waals surface area contributed by atoms with Crippen LogP contribution in [0, 0.1) is 23.2 Å². The van der Waals surface area contributed by atoms with E-state index in [0.717, 1.165) is 36.9 Å². The smallest absolute Gasteiger partial charge is 0.222 e. The molecule has 3 rings (SSSR count). The summed E-state index contributed by atoms with van der Waals surface area (Å²) in [6.45, 7) is 13.8. The molecule has 0 radical (unpaired) electrons. The molecule has 1 saturated carbocycles. The molecule has 0 bridgehead atoms. The predicted octanol–water partition coefficient (Wildman–Crippen LogP) is 2.61. The van der Waals surface area contributed by atoms with Crippen LogP contribution in [0.25, 0.3) is 0 Å². The molecule has 2 aliphatic heterocycles. The second-order valence-electron chi connectivity index (χ2n) is 8.14. The number of carbonyl (C=O) groups is 1. The average Bonchev–Trinajstić information content (AvgIpc) is 2.96. The Morgan fingerprint density at radius 1 is 1.10 bits per heavy atom. The molecule has 0 spiro atoms. The molecule has 0 aromatic heterocycles. The molecule has 0 N–H and O–H groups in total. The minimum atomic E-state index is 0.334. The first kappa shape index (κ1) is 14.4. The van der Waals surface area contributed by atoms with Crippen LogP contribution in [0.5, 0.6) is 0 Å². The van der Waals surface area contributed by atoms with Crippen LogP contribution < -0.4 is 0 Å². The van der Waals surface area contributed by atoms with Gasteiger partial charge in [-0.2, -0.15) is 0 Å². The van der Waals surface area contributed by atoms with Crippen LogP contribution in [-0.2, 0) is 4.79 Å². The van der Waals surface area contributed by atoms with Crippen molar-refractivity contribution in [1.29, 1.82) is 0 Å². The van der Waals surface area contributed by atoms with Crippen LogP contribution in [0.3, 0.4) is 0 Å². The van der Waals surface area contributed by atoms with Crippen molar-refractivity contribution in [2.24, 2.45) is 23.2 Å². The van der Waals surface area contributed by atoms with Crippen LogP contribution >= 0.6 is 0 Å². The molecule has 0 aromatic carbocycles. The molecule has 2 heterocycles. The lowest BCUT2D eigenvalue weighted by molar-refractivity contribution is -0.132. The number of rotatable bonds is 2. The summed E-state index contributed by atoms with van der Waals surface area (Å²) in [4.78, 5) is 16.5. The zero-order valence-corrected chi connectivity index (χ0v) is 13.6. The molecular weight excluding hydrogens is 248 g/mol. The van der Waals surface area contributed by atoms with Crippen LogP contribution in [-0.4, -0.2) is 47.9 Å². The summed E-state index contributed by atoms with van der Waals surface area (Å²) in [6, 6.07) is 0.740. The third-order valence-corrected chi connectivity index (χ3v) is 5.86. The largest absolute Gasteiger partial charge is 0.343 e. The van der Waals surface area contributed by atoms with Gasteiger partial charge in [-0.1, -0.05) is 27.7 Å². The van der Waals surface area contributed by atoms with Crippen LogP contribution in [0.1, 0.15) is 47.0 Å². The quantitative estimate of drug-likeness (QED) is 0.775. The van der Waals surface area contributed by atoms with E-state index in [1.54, 1.807) is 0 Å². The van der Waals surface area contributed by atoms with Gasteiger partial charge in [0, 0.05) is 38.6 Å². The SMILES string of the molecule is CCC(=O)N1CCC(N2CC3C(C2)C3C(C)(C)C)CC1. The topological polar surface area (TPSA) is 23.6 Å². The van der Waals surface area contributed by atoms with Crippen molar-refractivity contribution in [1.82, 2.24) is 9.80 Å². The number of hydrogen-bond acceptors (Lipinski definition) is 2. The molecule has 20 heavy (non-hydrogen) atoms. The fourth-order valence-corrected chi connectivity index (χ4v) is 4.85. The second kappa shape index (κ2) is 5.01. The number of fused-ring (bicyclic) bond motifs is 1. The molecule has 1 amide bonds. The highest BCUT2D eigenvalue weighted by atomic mass is 16.2. The molecule has 2 unspecified atom stereocenters. The first-order valence-corrected chi connectivity index (χ1v) is 8.43. The normalized spacial score (nSPS) is 35.2. The van der Waals surface area contributed by atoms with E-state index in [2.05, 4.69) is 30.6 Å². The van der Waals surface area contributed by atoms with Gasteiger partial charge in [-0.05, 0) is 36.0 Å². The zero-order chi connectivity index (χ0) is 14.5. The van der Waals surface area contributed by atoms with E-state index >= 15 is 0 Å². The van der Waals surface area contributed by atoms with Crippen molar-refractivity contribution in [2.75, 3.05) is 26.2 Å². The van der Waals surface area contributed by atoms with Crippen molar-refractivity contribution in [3.63, 3.8) is 0 Å². The summed E-state index contributed by atoms with van der Waals surface area (Å²) in [5.74, 6) is 3.22. The van der Waals surface area contributed by atoms with Gasteiger partial charge in [-0.15, -0.1) is 0 Å². The molecule has 3 heteroatoms. The number of piperidine rings is 2. The maximum atomic E-state index is 11.7. The molecule has 2 saturated heterocycles. The third kappa shape index (κ3) is 2.49. The Hall–Kier alpha value is -0.570. The average molecular weight is 278 g/mol. The molecule has 3 fully saturated rings. The lowest BCUT2D eigenvalue weighted by Crippen LogP contribution is -2.46. The maximum absolute atomic E-state index is 11.7. The number of likely N-dealkylation sites (tertiary alicyclic amines) is 2. The lowest BCUT2D eigenvalue weighted by Gasteiger charge is -2.38. The van der Waals surface area contributed by atoms with Gasteiger partial charge in [0.1, 0.15) is 0 Å². The number of amides is 1. The van der Waals surface area contributed by atoms with Gasteiger partial charge in [-0.3, -0.25) is 9.69 Å². The molecule has 3 aliphatic rings. The van der Waals surface area contributed by atoms with Gasteiger partial charge >= 0.3 is 0 Å². The third-order valence-electron chi connectivity index (χ3n) is 5.86. The molecule has 2 atom stereocenters. The Kier molecular flexibility index (Phi) is 3.60. The Bertz CT molecular complexity index is 367. The second-order valence-corrected chi connectivity index (χ2v) is 8.14. The molecular formula is C17H30N2O. The fraction of sp³-hybridized carbons (Fsp3) is 0.941. The van der Waals surface area contributed by atoms with Crippen LogP contribution in [0.2, 0.25) is 0 Å². The van der Waals surface area contributed by atoms with Crippen molar-refractivity contribution >= 4 is 5.91 Å². The van der Waals surface area contributed by atoms with Gasteiger partial charge < -0.3 is 4.90 Å². The van der Waals surface area contributed by atoms with Crippen molar-refractivity contribution in [3.05, 3.63) is 0 Å². The number of carbonyl (C=O) groups excluding carboxylic acids is 1. The van der Waals surface area contributed by atoms with E-state index in [4.69, 9.17) is 0 Å². The molecule has 0 aromatic rings. The molecule has 1 aliphatic carbocycles. The van der Waals surface area contributed by atoms with Gasteiger partial charge in [0.25, 0.3) is 0 Å². The summed E-state index contributed by atoms with van der Waals surface area (Å²) < 4.78 is 0. The number of hydrogen-bond donors (Lipinski definition) is 0. The van der Waals surface area contributed by atoms with Gasteiger partial charge in [-0.25, -0.2) is 0 Å². The summed E-state index contributed by atoms with van der Waals surface area (Å²) >= 11 is 0. The zero-order valence-electron chi connectivity index (χ0n) is 13.6. The molecule has 3 nitrogen and oxygen atoms in total. The molecule has 114 valence electrons. The Balaban J connectivity index is 1.47. The van der Waals surface area contributed by atoms with E-state index in [1.807, 2.05) is 6.92 Å². The Morgan fingerprint density at radius 2 is 1.65 bits per heavy atom. The monoisotopic (exact) mass is 278 g/mol. The summed E-state index contributed by atoms with van der Waals surface area (Å²) in [6.07, 6.45) is 3.03. The van der Waals surface area contributed by atoms with Crippen molar-refractivity contribution in [2.45, 2.75) is 53.0 Å². The summed E-state index contributed by atoms with van der Waals surface area (Å²) in [5, 5.41) is 0. The van der Waals surface area contributed by atoms with E-state index in [0.29, 0.717) is 17.7 Å². The van der Waals surface area contributed by atoms with Gasteiger partial charge in [0.05, 0.1) is 0 Å². The van der Waals surface area contributed by atoms with Crippen molar-refractivity contribution in [3.8, 4) is 0 Å². The predicted molar refractivity (Wildman–Crippen MR) is 81.4 cm³/mol. The van der Waals surface area contributed by atoms with E-state index in [-0.39, 0.29) is 0 Å². The first-order chi connectivity index (χ1) is 9.41. The van der Waals surface area contributed by atoms with Crippen LogP contribution in [0.4, 0.5) is 0 Å². The summed E-state index contributed by atoms with van der Waals surface area (Å²) in [5.41, 5.74) is 0.498. The van der Waals surface area contributed by atoms with E-state index in [9.17, 15) is 4.79 Å². The van der Waals surface area contributed by atoms with E-state index < -0.39 is 0 Å². The highest BCUT2D eigenvalue weighted by Gasteiger charge is 2.60. The highest BCUT2D eigenvalue weighted by Crippen LogP contribution is 2.60. The number of nitrogens with zero attached hydrogens (tertiary/aromatic N) is 2. The minimum absolute atomic E-state index is 0.334. The minimum Gasteiger partial charge on any atom is -0.343 e. The Morgan fingerprint density at radius 3 is 2.10 bits per heavy atom. The van der Waals surface area contributed by atoms with Crippen molar-refractivity contribution < 1.29 is 4.79 Å². The van der Waals surface area contributed by atoms with Gasteiger partial charge in [0.15, 0.2) is 0 Å². The first-order valence-electron chi connectivity index (χ1n) is 8.43. The van der Waals surface area contributed by atoms with Gasteiger partial charge in [0.2, 0.25) is 5.91 Å². The standard InChI is InChI=1S/C17H30N2O/c1-5-15(20)18-8-6-12(7-9-18)19-10-13-14(11-19)16(13)17(2,3)4/h12-14,16H,5-11H2,1-4H3. The Labute approximate surface area is 123 Å². The van der Waals surface area contributed by atoms with E-state index in [1.165, 1.54) is 25.9 Å². The lowest BCUT2D eigenvalue weighted by atomic mass is 9.87. The summed E-state index contributed by atoms with van der Waals surface area (Å²) in [7, 11) is 0. The highest BCUT2D eigenvalue weighted by molar-refractivity contribution is 5.75. The fourth-order valence-electron chi connectivity index (χ4n) is 4.85. The van der Waals surface area contributed by atoms with Crippen LogP contribution in [0.15, 0.2) is 0 Å².